The van der Waals surface area contributed by atoms with E-state index in [4.69, 9.17) is 11.6 Å². The van der Waals surface area contributed by atoms with Crippen molar-refractivity contribution in [2.75, 3.05) is 11.6 Å². The van der Waals surface area contributed by atoms with Crippen molar-refractivity contribution >= 4 is 38.8 Å². The summed E-state index contributed by atoms with van der Waals surface area (Å²) in [7, 11) is -3.57. The molecule has 0 radical (unpaired) electrons. The number of ketones is 1. The van der Waals surface area contributed by atoms with Gasteiger partial charge < -0.3 is 5.32 Å². The summed E-state index contributed by atoms with van der Waals surface area (Å²) >= 11 is 5.91. The minimum Gasteiger partial charge on any atom is -0.322 e. The van der Waals surface area contributed by atoms with Gasteiger partial charge in [0.2, 0.25) is 0 Å². The predicted molar refractivity (Wildman–Crippen MR) is 109 cm³/mol. The molecule has 0 aliphatic heterocycles. The van der Waals surface area contributed by atoms with Crippen molar-refractivity contribution in [1.82, 2.24) is 0 Å². The smallest absolute Gasteiger partial charge is 0.255 e. The Morgan fingerprint density at radius 3 is 2.18 bits per heavy atom. The molecule has 142 valence electrons. The summed E-state index contributed by atoms with van der Waals surface area (Å²) in [5.41, 5.74) is 1.53. The highest BCUT2D eigenvalue weighted by Gasteiger charge is 2.16. The molecule has 0 unspecified atom stereocenters. The van der Waals surface area contributed by atoms with Crippen LogP contribution in [-0.2, 0) is 9.84 Å². The molecule has 5 nitrogen and oxygen atoms in total. The average molecular weight is 414 g/mol. The third kappa shape index (κ3) is 4.47. The summed E-state index contributed by atoms with van der Waals surface area (Å²) in [6, 6.07) is 19.4. The second-order valence-corrected chi connectivity index (χ2v) is 8.54. The zero-order valence-corrected chi connectivity index (χ0v) is 16.4. The fourth-order valence-electron chi connectivity index (χ4n) is 2.63. The van der Waals surface area contributed by atoms with E-state index in [0.29, 0.717) is 16.8 Å². The van der Waals surface area contributed by atoms with Gasteiger partial charge in [0.1, 0.15) is 0 Å². The van der Waals surface area contributed by atoms with E-state index in [1.807, 2.05) is 6.07 Å². The minimum absolute atomic E-state index is 0.0505. The van der Waals surface area contributed by atoms with E-state index in [1.165, 1.54) is 18.2 Å². The Bertz CT molecular complexity index is 1160. The lowest BCUT2D eigenvalue weighted by Crippen LogP contribution is -2.13. The van der Waals surface area contributed by atoms with Gasteiger partial charge in [-0.05, 0) is 30.3 Å². The molecule has 0 aromatic heterocycles. The fourth-order valence-corrected chi connectivity index (χ4v) is 3.93. The average Bonchev–Trinajstić information content (AvgIpc) is 2.67. The minimum atomic E-state index is -3.57. The molecule has 0 fully saturated rings. The largest absolute Gasteiger partial charge is 0.322 e. The molecule has 0 heterocycles. The van der Waals surface area contributed by atoms with Crippen molar-refractivity contribution in [1.29, 1.82) is 0 Å². The first-order valence-electron chi connectivity index (χ1n) is 8.26. The maximum atomic E-state index is 12.6. The summed E-state index contributed by atoms with van der Waals surface area (Å²) in [5, 5.41) is 2.72. The number of hydrogen-bond acceptors (Lipinski definition) is 4. The summed E-state index contributed by atoms with van der Waals surface area (Å²) in [5.74, 6) is -0.673. The molecule has 1 N–H and O–H groups in total. The lowest BCUT2D eigenvalue weighted by molar-refractivity contribution is 0.102. The Morgan fingerprint density at radius 2 is 1.50 bits per heavy atom. The fraction of sp³-hybridized carbons (Fsp3) is 0.0476. The highest BCUT2D eigenvalue weighted by molar-refractivity contribution is 7.90. The van der Waals surface area contributed by atoms with E-state index in [2.05, 4.69) is 5.32 Å². The van der Waals surface area contributed by atoms with Crippen molar-refractivity contribution in [2.45, 2.75) is 4.90 Å². The SMILES string of the molecule is CS(=O)(=O)c1cc(C(=O)Nc2cccc(C(=O)c3ccccc3)c2)ccc1Cl. The lowest BCUT2D eigenvalue weighted by atomic mass is 10.0. The number of amides is 1. The van der Waals surface area contributed by atoms with E-state index in [0.717, 1.165) is 6.26 Å². The molecule has 7 heteroatoms. The molecule has 0 spiro atoms. The number of sulfone groups is 1. The van der Waals surface area contributed by atoms with Gasteiger partial charge in [0.15, 0.2) is 15.6 Å². The van der Waals surface area contributed by atoms with Crippen molar-refractivity contribution in [2.24, 2.45) is 0 Å². The molecule has 0 aliphatic rings. The van der Waals surface area contributed by atoms with Crippen molar-refractivity contribution in [3.8, 4) is 0 Å². The van der Waals surface area contributed by atoms with Crippen LogP contribution in [0.3, 0.4) is 0 Å². The molecule has 0 bridgehead atoms. The van der Waals surface area contributed by atoms with Crippen molar-refractivity contribution in [3.63, 3.8) is 0 Å². The van der Waals surface area contributed by atoms with Crippen LogP contribution in [0.1, 0.15) is 26.3 Å². The molecular formula is C21H16ClNO4S. The molecule has 3 aromatic rings. The number of hydrogen-bond donors (Lipinski definition) is 1. The maximum Gasteiger partial charge on any atom is 0.255 e. The Morgan fingerprint density at radius 1 is 0.821 bits per heavy atom. The van der Waals surface area contributed by atoms with Crippen LogP contribution in [0.25, 0.3) is 0 Å². The Balaban J connectivity index is 1.85. The first kappa shape index (κ1) is 19.8. The second kappa shape index (κ2) is 7.96. The number of nitrogens with one attached hydrogen (secondary N) is 1. The zero-order valence-electron chi connectivity index (χ0n) is 14.8. The monoisotopic (exact) mass is 413 g/mol. The molecule has 0 atom stereocenters. The van der Waals surface area contributed by atoms with Gasteiger partial charge in [0.25, 0.3) is 5.91 Å². The van der Waals surface area contributed by atoms with Crippen LogP contribution in [0, 0.1) is 0 Å². The van der Waals surface area contributed by atoms with Crippen LogP contribution in [0.15, 0.2) is 77.7 Å². The predicted octanol–water partition coefficient (Wildman–Crippen LogP) is 4.23. The van der Waals surface area contributed by atoms with Gasteiger partial charge in [-0.15, -0.1) is 0 Å². The van der Waals surface area contributed by atoms with Gasteiger partial charge in [-0.2, -0.15) is 0 Å². The van der Waals surface area contributed by atoms with Crippen LogP contribution < -0.4 is 5.32 Å². The number of carbonyl (C=O) groups is 2. The third-order valence-electron chi connectivity index (χ3n) is 4.01. The highest BCUT2D eigenvalue weighted by Crippen LogP contribution is 2.23. The molecule has 28 heavy (non-hydrogen) atoms. The first-order chi connectivity index (χ1) is 13.3. The molecular weight excluding hydrogens is 398 g/mol. The van der Waals surface area contributed by atoms with Gasteiger partial charge in [0.05, 0.1) is 9.92 Å². The molecule has 3 rings (SSSR count). The van der Waals surface area contributed by atoms with E-state index in [1.54, 1.807) is 48.5 Å². The van der Waals surface area contributed by atoms with Crippen molar-refractivity contribution in [3.05, 3.63) is 94.5 Å². The second-order valence-electron chi connectivity index (χ2n) is 6.15. The Hall–Kier alpha value is -2.96. The lowest BCUT2D eigenvalue weighted by Gasteiger charge is -2.09. The zero-order chi connectivity index (χ0) is 20.3. The topological polar surface area (TPSA) is 80.3 Å². The van der Waals surface area contributed by atoms with E-state index >= 15 is 0 Å². The van der Waals surface area contributed by atoms with Crippen LogP contribution in [-0.4, -0.2) is 26.4 Å². The third-order valence-corrected chi connectivity index (χ3v) is 5.59. The van der Waals surface area contributed by atoms with Crippen LogP contribution in [0.4, 0.5) is 5.69 Å². The number of rotatable bonds is 5. The molecule has 1 amide bonds. The first-order valence-corrected chi connectivity index (χ1v) is 10.5. The van der Waals surface area contributed by atoms with E-state index in [-0.39, 0.29) is 21.3 Å². The van der Waals surface area contributed by atoms with Crippen LogP contribution >= 0.6 is 11.6 Å². The number of carbonyl (C=O) groups excluding carboxylic acids is 2. The number of benzene rings is 3. The summed E-state index contributed by atoms with van der Waals surface area (Å²) in [6.45, 7) is 0. The van der Waals surface area contributed by atoms with Gasteiger partial charge >= 0.3 is 0 Å². The van der Waals surface area contributed by atoms with Gasteiger partial charge in [-0.1, -0.05) is 54.1 Å². The van der Waals surface area contributed by atoms with Gasteiger partial charge in [-0.3, -0.25) is 9.59 Å². The number of halogens is 1. The Labute approximate surface area is 167 Å². The summed E-state index contributed by atoms with van der Waals surface area (Å²) in [6.07, 6.45) is 1.02. The van der Waals surface area contributed by atoms with Gasteiger partial charge in [-0.25, -0.2) is 8.42 Å². The summed E-state index contributed by atoms with van der Waals surface area (Å²) in [4.78, 5) is 25.0. The van der Waals surface area contributed by atoms with Crippen LogP contribution in [0.2, 0.25) is 5.02 Å². The standard InChI is InChI=1S/C21H16ClNO4S/c1-28(26,27)19-13-16(10-11-18(19)22)21(25)23-17-9-5-8-15(12-17)20(24)14-6-3-2-4-7-14/h2-13H,1H3,(H,23,25). The number of anilines is 1. The van der Waals surface area contributed by atoms with E-state index < -0.39 is 15.7 Å². The molecule has 0 saturated carbocycles. The molecule has 0 aliphatic carbocycles. The quantitative estimate of drug-likeness (QED) is 0.635. The Kier molecular flexibility index (Phi) is 5.63. The van der Waals surface area contributed by atoms with Crippen molar-refractivity contribution < 1.29 is 18.0 Å². The summed E-state index contributed by atoms with van der Waals surface area (Å²) < 4.78 is 23.6. The van der Waals surface area contributed by atoms with Crippen LogP contribution in [0.5, 0.6) is 0 Å². The molecule has 3 aromatic carbocycles. The van der Waals surface area contributed by atoms with Gasteiger partial charge in [0, 0.05) is 28.6 Å². The molecule has 0 saturated heterocycles. The highest BCUT2D eigenvalue weighted by atomic mass is 35.5. The normalized spacial score (nSPS) is 11.1. The van der Waals surface area contributed by atoms with E-state index in [9.17, 15) is 18.0 Å². The maximum absolute atomic E-state index is 12.6.